The number of hydrogen-bond acceptors (Lipinski definition) is 9. The zero-order chi connectivity index (χ0) is 23.6. The van der Waals surface area contributed by atoms with Gasteiger partial charge in [-0.2, -0.15) is 0 Å². The molecule has 14 heteroatoms. The Kier molecular flexibility index (Phi) is 6.69. The van der Waals surface area contributed by atoms with E-state index in [0.29, 0.717) is 0 Å². The third kappa shape index (κ3) is 4.39. The van der Waals surface area contributed by atoms with Crippen molar-refractivity contribution < 1.29 is 39.0 Å². The Labute approximate surface area is 190 Å². The van der Waals surface area contributed by atoms with E-state index in [4.69, 9.17) is 22.2 Å². The monoisotopic (exact) mass is 486 g/mol. The maximum atomic E-state index is 12.8. The van der Waals surface area contributed by atoms with Gasteiger partial charge in [0, 0.05) is 17.9 Å². The molecule has 1 aromatic carbocycles. The van der Waals surface area contributed by atoms with Crippen molar-refractivity contribution >= 4 is 53.0 Å². The van der Waals surface area contributed by atoms with Crippen molar-refractivity contribution in [2.24, 2.45) is 16.3 Å². The quantitative estimate of drug-likeness (QED) is 0.233. The van der Waals surface area contributed by atoms with E-state index in [1.165, 1.54) is 30.2 Å². The molecule has 3 atom stereocenters. The smallest absolute Gasteiger partial charge is 0.404 e. The van der Waals surface area contributed by atoms with Gasteiger partial charge in [0.05, 0.1) is 5.02 Å². The standard InChI is InChI=1S/C18H19ClN4O8S/c1-30-22-11(8-2-3-10(24)9(19)4-8)13(25)21-12-14(26)23-5-18(16(27)28,6-31-17(20)29)7-32-15(12)23/h2-4,12,15,24H,5-7H2,1H3,(H2,20,29)(H,21,25)(H,27,28)/t12?,15-,18?/m1/s1. The van der Waals surface area contributed by atoms with Crippen LogP contribution in [-0.2, 0) is 24.0 Å². The number of nitrogens with one attached hydrogen (secondary N) is 1. The van der Waals surface area contributed by atoms with Gasteiger partial charge in [-0.05, 0) is 18.2 Å². The molecule has 2 fully saturated rings. The van der Waals surface area contributed by atoms with Crippen LogP contribution in [0.5, 0.6) is 5.75 Å². The van der Waals surface area contributed by atoms with Gasteiger partial charge in [-0.25, -0.2) is 4.79 Å². The Morgan fingerprint density at radius 2 is 2.16 bits per heavy atom. The number of carboxylic acids is 1. The van der Waals surface area contributed by atoms with Gasteiger partial charge in [0.15, 0.2) is 5.71 Å². The highest BCUT2D eigenvalue weighted by molar-refractivity contribution is 8.00. The second-order valence-corrected chi connectivity index (χ2v) is 8.61. The molecule has 172 valence electrons. The fourth-order valence-corrected chi connectivity index (χ4v) is 5.00. The first-order valence-corrected chi connectivity index (χ1v) is 10.5. The predicted octanol–water partition coefficient (Wildman–Crippen LogP) is -0.0377. The lowest BCUT2D eigenvalue weighted by molar-refractivity contribution is -0.160. The number of benzene rings is 1. The van der Waals surface area contributed by atoms with E-state index in [-0.39, 0.29) is 34.3 Å². The van der Waals surface area contributed by atoms with Crippen molar-refractivity contribution in [2.45, 2.75) is 11.4 Å². The summed E-state index contributed by atoms with van der Waals surface area (Å²) < 4.78 is 4.68. The summed E-state index contributed by atoms with van der Waals surface area (Å²) >= 11 is 7.02. The molecule has 2 unspecified atom stereocenters. The summed E-state index contributed by atoms with van der Waals surface area (Å²) in [5.74, 6) is -2.61. The number of rotatable bonds is 7. The van der Waals surface area contributed by atoms with Gasteiger partial charge in [-0.3, -0.25) is 14.4 Å². The Hall–Kier alpha value is -3.19. The van der Waals surface area contributed by atoms with Crippen molar-refractivity contribution in [1.82, 2.24) is 10.2 Å². The van der Waals surface area contributed by atoms with Gasteiger partial charge >= 0.3 is 12.1 Å². The summed E-state index contributed by atoms with van der Waals surface area (Å²) in [5, 5.41) is 24.9. The number of nitrogens with zero attached hydrogens (tertiary/aromatic N) is 2. The number of phenolic OH excluding ortho intramolecular Hbond substituents is 1. The average molecular weight is 487 g/mol. The van der Waals surface area contributed by atoms with Gasteiger partial charge < -0.3 is 35.7 Å². The first-order chi connectivity index (χ1) is 15.1. The zero-order valence-corrected chi connectivity index (χ0v) is 18.2. The molecule has 2 saturated heterocycles. The number of amides is 3. The van der Waals surface area contributed by atoms with Crippen LogP contribution in [0.25, 0.3) is 0 Å². The number of β-lactam (4-membered cyclic amide) rings is 1. The number of halogens is 1. The fourth-order valence-electron chi connectivity index (χ4n) is 3.30. The van der Waals surface area contributed by atoms with Crippen molar-refractivity contribution in [3.05, 3.63) is 28.8 Å². The first kappa shape index (κ1) is 23.5. The van der Waals surface area contributed by atoms with Gasteiger partial charge in [0.1, 0.15) is 36.3 Å². The molecule has 3 amide bonds. The fraction of sp³-hybridized carbons (Fsp3) is 0.389. The lowest BCUT2D eigenvalue weighted by Gasteiger charge is -2.53. The van der Waals surface area contributed by atoms with Gasteiger partial charge in [-0.1, -0.05) is 16.8 Å². The number of carbonyl (C=O) groups is 4. The van der Waals surface area contributed by atoms with Crippen LogP contribution >= 0.6 is 23.4 Å². The van der Waals surface area contributed by atoms with E-state index in [9.17, 15) is 29.4 Å². The van der Waals surface area contributed by atoms with Crippen LogP contribution in [0, 0.1) is 5.41 Å². The Balaban J connectivity index is 1.72. The van der Waals surface area contributed by atoms with Gasteiger partial charge in [0.25, 0.3) is 5.91 Å². The molecule has 12 nitrogen and oxygen atoms in total. The minimum absolute atomic E-state index is 0.00368. The summed E-state index contributed by atoms with van der Waals surface area (Å²) in [4.78, 5) is 54.1. The Bertz CT molecular complexity index is 1010. The van der Waals surface area contributed by atoms with E-state index >= 15 is 0 Å². The summed E-state index contributed by atoms with van der Waals surface area (Å²) in [5.41, 5.74) is 3.51. The van der Waals surface area contributed by atoms with E-state index < -0.39 is 47.3 Å². The number of thioether (sulfide) groups is 1. The second kappa shape index (κ2) is 9.12. The minimum Gasteiger partial charge on any atom is -0.506 e. The molecular weight excluding hydrogens is 468 g/mol. The minimum atomic E-state index is -1.51. The summed E-state index contributed by atoms with van der Waals surface area (Å²) in [6, 6.07) is 3.08. The molecule has 0 spiro atoms. The third-order valence-corrected chi connectivity index (χ3v) is 6.88. The molecule has 0 saturated carbocycles. The molecule has 3 rings (SSSR count). The first-order valence-electron chi connectivity index (χ1n) is 9.08. The molecule has 5 N–H and O–H groups in total. The molecule has 2 heterocycles. The molecule has 0 aliphatic carbocycles. The van der Waals surface area contributed by atoms with E-state index in [2.05, 4.69) is 15.2 Å². The highest BCUT2D eigenvalue weighted by Crippen LogP contribution is 2.42. The van der Waals surface area contributed by atoms with E-state index in [1.807, 2.05) is 0 Å². The summed E-state index contributed by atoms with van der Waals surface area (Å²) in [7, 11) is 1.24. The zero-order valence-electron chi connectivity index (χ0n) is 16.6. The van der Waals surface area contributed by atoms with Gasteiger partial charge in [0.2, 0.25) is 5.91 Å². The van der Waals surface area contributed by atoms with Crippen LogP contribution in [0.3, 0.4) is 0 Å². The van der Waals surface area contributed by atoms with Crippen molar-refractivity contribution in [2.75, 3.05) is 26.0 Å². The number of phenols is 1. The molecule has 32 heavy (non-hydrogen) atoms. The van der Waals surface area contributed by atoms with Crippen molar-refractivity contribution in [1.29, 1.82) is 0 Å². The lowest BCUT2D eigenvalue weighted by atomic mass is 9.88. The molecule has 0 aromatic heterocycles. The number of carbonyl (C=O) groups excluding carboxylic acids is 3. The van der Waals surface area contributed by atoms with Crippen LogP contribution in [0.4, 0.5) is 4.79 Å². The summed E-state index contributed by atoms with van der Waals surface area (Å²) in [6.07, 6.45) is -1.11. The maximum Gasteiger partial charge on any atom is 0.404 e. The third-order valence-electron chi connectivity index (χ3n) is 4.99. The SMILES string of the molecule is CON=C(C(=O)NC1C(=O)N2CC(COC(N)=O)(C(=O)O)CS[C@H]12)c1ccc(O)c(Cl)c1. The van der Waals surface area contributed by atoms with Crippen LogP contribution in [0.2, 0.25) is 5.02 Å². The number of aromatic hydroxyl groups is 1. The van der Waals surface area contributed by atoms with Crippen LogP contribution in [-0.4, -0.2) is 82.1 Å². The number of carboxylic acid groups (broad SMARTS) is 1. The molecule has 0 bridgehead atoms. The lowest BCUT2D eigenvalue weighted by Crippen LogP contribution is -2.74. The number of oxime groups is 1. The normalized spacial score (nSPS) is 24.8. The number of aliphatic carboxylic acids is 1. The van der Waals surface area contributed by atoms with Crippen LogP contribution in [0.1, 0.15) is 5.56 Å². The van der Waals surface area contributed by atoms with E-state index in [1.54, 1.807) is 0 Å². The molecule has 0 radical (unpaired) electrons. The number of fused-ring (bicyclic) bond motifs is 1. The number of ether oxygens (including phenoxy) is 1. The summed E-state index contributed by atoms with van der Waals surface area (Å²) in [6.45, 7) is -0.685. The second-order valence-electron chi connectivity index (χ2n) is 7.10. The molecule has 1 aromatic rings. The predicted molar refractivity (Wildman–Crippen MR) is 112 cm³/mol. The van der Waals surface area contributed by atoms with Crippen molar-refractivity contribution in [3.63, 3.8) is 0 Å². The molecule has 2 aliphatic rings. The number of primary amides is 1. The Morgan fingerprint density at radius 1 is 1.44 bits per heavy atom. The van der Waals surface area contributed by atoms with Crippen LogP contribution < -0.4 is 11.1 Å². The average Bonchev–Trinajstić information content (AvgIpc) is 2.75. The highest BCUT2D eigenvalue weighted by Gasteiger charge is 2.58. The maximum absolute atomic E-state index is 12.8. The number of nitrogens with two attached hydrogens (primary N) is 1. The van der Waals surface area contributed by atoms with Gasteiger partial charge in [-0.15, -0.1) is 11.8 Å². The highest BCUT2D eigenvalue weighted by atomic mass is 35.5. The largest absolute Gasteiger partial charge is 0.506 e. The topological polar surface area (TPSA) is 181 Å². The molecule has 2 aliphatic heterocycles. The Morgan fingerprint density at radius 3 is 2.75 bits per heavy atom. The van der Waals surface area contributed by atoms with Crippen molar-refractivity contribution in [3.8, 4) is 5.75 Å². The number of hydrogen-bond donors (Lipinski definition) is 4. The van der Waals surface area contributed by atoms with Crippen LogP contribution in [0.15, 0.2) is 23.4 Å². The van der Waals surface area contributed by atoms with E-state index in [0.717, 1.165) is 11.8 Å². The molecular formula is C18H19ClN4O8S.